The fraction of sp³-hybridized carbons (Fsp3) is 0.622. The van der Waals surface area contributed by atoms with Gasteiger partial charge < -0.3 is 25.0 Å². The van der Waals surface area contributed by atoms with Crippen LogP contribution in [0, 0.1) is 16.7 Å². The summed E-state index contributed by atoms with van der Waals surface area (Å²) in [5.41, 5.74) is 0.875. The number of fused-ring (bicyclic) bond motifs is 3. The van der Waals surface area contributed by atoms with E-state index in [1.54, 1.807) is 0 Å². The van der Waals surface area contributed by atoms with Crippen molar-refractivity contribution in [2.45, 2.75) is 109 Å². The molecule has 278 valence electrons. The monoisotopic (exact) mass is 725 g/mol. The number of ether oxygens (including phenoxy) is 2. The van der Waals surface area contributed by atoms with Crippen molar-refractivity contribution in [2.75, 3.05) is 19.9 Å². The molecule has 2 saturated carbocycles. The van der Waals surface area contributed by atoms with E-state index in [-0.39, 0.29) is 38.1 Å². The summed E-state index contributed by atoms with van der Waals surface area (Å²) in [5, 5.41) is 4.97. The van der Waals surface area contributed by atoms with E-state index in [2.05, 4.69) is 51.1 Å². The second-order valence-corrected chi connectivity index (χ2v) is 18.6. The van der Waals surface area contributed by atoms with E-state index in [4.69, 9.17) is 9.47 Å². The molecule has 0 spiro atoms. The van der Waals surface area contributed by atoms with Crippen molar-refractivity contribution in [3.8, 4) is 0 Å². The van der Waals surface area contributed by atoms with Crippen LogP contribution >= 0.6 is 0 Å². The van der Waals surface area contributed by atoms with E-state index in [9.17, 15) is 27.6 Å². The van der Waals surface area contributed by atoms with Crippen molar-refractivity contribution in [1.29, 1.82) is 0 Å². The van der Waals surface area contributed by atoms with Crippen LogP contribution in [0.1, 0.15) is 83.4 Å². The van der Waals surface area contributed by atoms with Gasteiger partial charge in [0.1, 0.15) is 24.4 Å². The smallest absolute Gasteiger partial charge is 0.407 e. The zero-order chi connectivity index (χ0) is 36.9. The second-order valence-electron chi connectivity index (χ2n) is 16.6. The lowest BCUT2D eigenvalue weighted by Gasteiger charge is -2.35. The van der Waals surface area contributed by atoms with Gasteiger partial charge in [0.15, 0.2) is 0 Å². The van der Waals surface area contributed by atoms with Gasteiger partial charge in [-0.15, -0.1) is 6.58 Å². The molecular weight excluding hydrogens is 675 g/mol. The van der Waals surface area contributed by atoms with Gasteiger partial charge in [-0.2, -0.15) is 0 Å². The molecule has 4 bridgehead atoms. The van der Waals surface area contributed by atoms with Gasteiger partial charge >= 0.3 is 6.09 Å². The first-order valence-electron chi connectivity index (χ1n) is 17.8. The molecule has 13 nitrogen and oxygen atoms in total. The Kier molecular flexibility index (Phi) is 9.92. The van der Waals surface area contributed by atoms with Crippen LogP contribution in [0.5, 0.6) is 0 Å². The summed E-state index contributed by atoms with van der Waals surface area (Å²) in [6.07, 6.45) is 6.38. The number of hydrogen-bond acceptors (Lipinski definition) is 9. The summed E-state index contributed by atoms with van der Waals surface area (Å²) in [6.45, 7) is 15.1. The van der Waals surface area contributed by atoms with Crippen molar-refractivity contribution in [1.82, 2.24) is 25.2 Å². The van der Waals surface area contributed by atoms with Crippen LogP contribution in [-0.4, -0.2) is 90.9 Å². The lowest BCUT2D eigenvalue weighted by Crippen LogP contribution is -2.60. The van der Waals surface area contributed by atoms with Gasteiger partial charge in [0.25, 0.3) is 5.91 Å². The highest BCUT2D eigenvalue weighted by Gasteiger charge is 2.62. The van der Waals surface area contributed by atoms with Gasteiger partial charge in [0, 0.05) is 37.4 Å². The summed E-state index contributed by atoms with van der Waals surface area (Å²) in [5.74, 6) is -2.40. The molecule has 2 aliphatic carbocycles. The number of rotatable bonds is 6. The minimum atomic E-state index is -3.87. The van der Waals surface area contributed by atoms with Crippen LogP contribution in [0.4, 0.5) is 4.79 Å². The Balaban J connectivity index is 1.27. The lowest BCUT2D eigenvalue weighted by molar-refractivity contribution is -0.143. The first-order chi connectivity index (χ1) is 23.9. The third-order valence-corrected chi connectivity index (χ3v) is 12.4. The number of cyclic esters (lactones) is 1. The maximum Gasteiger partial charge on any atom is 0.407 e. The average molecular weight is 726 g/mol. The van der Waals surface area contributed by atoms with Crippen molar-refractivity contribution < 1.29 is 37.1 Å². The van der Waals surface area contributed by atoms with Crippen LogP contribution in [-0.2, 0) is 47.0 Å². The predicted octanol–water partition coefficient (Wildman–Crippen LogP) is 3.20. The van der Waals surface area contributed by atoms with Gasteiger partial charge in [-0.3, -0.25) is 24.0 Å². The minimum Gasteiger partial charge on any atom is -0.449 e. The number of sulfonamides is 1. The van der Waals surface area contributed by atoms with E-state index in [1.165, 1.54) is 22.1 Å². The Labute approximate surface area is 300 Å². The van der Waals surface area contributed by atoms with E-state index in [0.717, 1.165) is 5.56 Å². The maximum absolute atomic E-state index is 14.4. The van der Waals surface area contributed by atoms with Gasteiger partial charge in [0.05, 0.1) is 18.0 Å². The molecule has 1 aromatic rings. The molecular formula is C37H51N5O8S. The van der Waals surface area contributed by atoms with Gasteiger partial charge in [-0.1, -0.05) is 71.0 Å². The molecule has 5 aliphatic rings. The summed E-state index contributed by atoms with van der Waals surface area (Å²) < 4.78 is 39.5. The van der Waals surface area contributed by atoms with E-state index >= 15 is 0 Å². The number of nitrogens with zero attached hydrogens (tertiary/aromatic N) is 2. The third-order valence-electron chi connectivity index (χ3n) is 10.6. The fourth-order valence-corrected chi connectivity index (χ4v) is 8.57. The zero-order valence-corrected chi connectivity index (χ0v) is 31.0. The molecule has 51 heavy (non-hydrogen) atoms. The number of hydrogen-bond donors (Lipinski definition) is 3. The van der Waals surface area contributed by atoms with Crippen molar-refractivity contribution in [2.24, 2.45) is 16.7 Å². The highest BCUT2D eigenvalue weighted by Crippen LogP contribution is 2.45. The minimum absolute atomic E-state index is 0.0716. The molecule has 1 saturated heterocycles. The molecule has 0 radical (unpaired) electrons. The Morgan fingerprint density at radius 1 is 1.14 bits per heavy atom. The van der Waals surface area contributed by atoms with Crippen LogP contribution in [0.3, 0.4) is 0 Å². The highest BCUT2D eigenvalue weighted by molar-refractivity contribution is 7.91. The first kappa shape index (κ1) is 37.0. The number of carbonyl (C=O) groups excluding carboxylic acids is 4. The maximum atomic E-state index is 14.4. The molecule has 0 aromatic heterocycles. The number of allylic oxidation sites excluding steroid dienone is 1. The summed E-state index contributed by atoms with van der Waals surface area (Å²) in [6, 6.07) is 4.11. The summed E-state index contributed by atoms with van der Waals surface area (Å²) >= 11 is 0. The van der Waals surface area contributed by atoms with Gasteiger partial charge in [-0.05, 0) is 47.8 Å². The summed E-state index contributed by atoms with van der Waals surface area (Å²) in [4.78, 5) is 58.8. The number of alkyl carbamates (subject to hydrolysis) is 1. The van der Waals surface area contributed by atoms with Gasteiger partial charge in [0.2, 0.25) is 21.8 Å². The quantitative estimate of drug-likeness (QED) is 0.374. The Bertz CT molecular complexity index is 1730. The number of amides is 4. The Morgan fingerprint density at radius 2 is 1.88 bits per heavy atom. The molecule has 2 unspecified atom stereocenters. The molecule has 3 aliphatic heterocycles. The predicted molar refractivity (Wildman–Crippen MR) is 190 cm³/mol. The van der Waals surface area contributed by atoms with E-state index in [0.29, 0.717) is 32.4 Å². The van der Waals surface area contributed by atoms with E-state index in [1.807, 2.05) is 40.7 Å². The molecule has 14 heteroatoms. The molecule has 4 amide bonds. The van der Waals surface area contributed by atoms with Crippen LogP contribution in [0.2, 0.25) is 0 Å². The van der Waals surface area contributed by atoms with Crippen LogP contribution in [0.25, 0.3) is 6.08 Å². The van der Waals surface area contributed by atoms with Crippen molar-refractivity contribution in [3.63, 3.8) is 0 Å². The second kappa shape index (κ2) is 13.7. The van der Waals surface area contributed by atoms with Crippen LogP contribution < -0.4 is 15.4 Å². The Hall–Kier alpha value is -3.75. The highest BCUT2D eigenvalue weighted by atomic mass is 32.2. The Morgan fingerprint density at radius 3 is 2.55 bits per heavy atom. The number of benzene rings is 1. The summed E-state index contributed by atoms with van der Waals surface area (Å²) in [7, 11) is -3.87. The van der Waals surface area contributed by atoms with Gasteiger partial charge in [-0.25, -0.2) is 13.2 Å². The molecule has 1 aromatic carbocycles. The van der Waals surface area contributed by atoms with E-state index < -0.39 is 74.1 Å². The molecule has 3 N–H and O–H groups in total. The number of carbonyl (C=O) groups is 4. The standard InChI is InChI=1S/C37H51N5O8S/c1-7-25-17-37(25,33(45)40-51(47,48)27-13-14-27)39-31(43)29-16-26-19-42(29)32(44)30(35(2,3)4)38-34(46)49-21-36(5,6)15-9-12-23-10-8-11-24-18-41(22-50-26)20-28(23)24/h7-12,25-27,29-30H,1,13-22H2,2-6H3,(H,38,46)(H,39,43)(H,40,45)/b12-9+/t25?,26-,29+,30-,37-/m1/s1. The third kappa shape index (κ3) is 8.02. The van der Waals surface area contributed by atoms with Crippen molar-refractivity contribution >= 4 is 39.9 Å². The largest absolute Gasteiger partial charge is 0.449 e. The normalized spacial score (nSPS) is 31.6. The lowest BCUT2D eigenvalue weighted by atomic mass is 9.85. The SMILES string of the molecule is C=CC1C[C@]1(NC(=O)[C@@H]1C[C@@H]2CN1C(=O)[C@H](C(C)(C)C)NC(=O)OCC(C)(C)C/C=C/c1cccc3c1CN(CO2)C3)C(=O)NS(=O)(=O)C1CC1. The molecule has 6 atom stereocenters. The zero-order valence-electron chi connectivity index (χ0n) is 30.2. The topological polar surface area (TPSA) is 163 Å². The number of nitrogens with one attached hydrogen (secondary N) is 3. The molecule has 3 heterocycles. The molecule has 3 fully saturated rings. The first-order valence-corrected chi connectivity index (χ1v) is 19.3. The average Bonchev–Trinajstić information content (AvgIpc) is 3.94. The fourth-order valence-electron chi connectivity index (χ4n) is 7.20. The van der Waals surface area contributed by atoms with Crippen LogP contribution in [0.15, 0.2) is 36.9 Å². The van der Waals surface area contributed by atoms with Crippen molar-refractivity contribution in [3.05, 3.63) is 53.6 Å². The molecule has 6 rings (SSSR count).